The first-order valence-corrected chi connectivity index (χ1v) is 6.05. The molecule has 1 aromatic heterocycles. The van der Waals surface area contributed by atoms with E-state index in [4.69, 9.17) is 5.73 Å². The molecule has 0 atom stereocenters. The van der Waals surface area contributed by atoms with Gasteiger partial charge in [0.2, 0.25) is 0 Å². The van der Waals surface area contributed by atoms with Crippen molar-refractivity contribution in [3.05, 3.63) is 16.3 Å². The summed E-state index contributed by atoms with van der Waals surface area (Å²) in [6, 6.07) is 2.14. The van der Waals surface area contributed by atoms with Crippen molar-refractivity contribution in [1.82, 2.24) is 0 Å². The number of rotatable bonds is 2. The Morgan fingerprint density at radius 1 is 1.31 bits per heavy atom. The lowest BCUT2D eigenvalue weighted by Crippen LogP contribution is -2.08. The molecule has 1 aromatic rings. The third kappa shape index (κ3) is 2.47. The van der Waals surface area contributed by atoms with Crippen molar-refractivity contribution < 1.29 is 0 Å². The van der Waals surface area contributed by atoms with Crippen LogP contribution in [0.1, 0.15) is 37.0 Å². The minimum atomic E-state index is 0.937. The summed E-state index contributed by atoms with van der Waals surface area (Å²) in [6.45, 7) is 0. The number of anilines is 1. The largest absolute Gasteiger partial charge is 0.398 e. The second-order valence-corrected chi connectivity index (χ2v) is 5.05. The van der Waals surface area contributed by atoms with Gasteiger partial charge in [-0.05, 0) is 18.4 Å². The second kappa shape index (κ2) is 4.14. The zero-order chi connectivity index (χ0) is 9.10. The van der Waals surface area contributed by atoms with Crippen LogP contribution in [0.2, 0.25) is 0 Å². The Balaban J connectivity index is 1.89. The molecule has 1 fully saturated rings. The minimum Gasteiger partial charge on any atom is -0.398 e. The van der Waals surface area contributed by atoms with Crippen molar-refractivity contribution in [3.63, 3.8) is 0 Å². The molecule has 1 saturated carbocycles. The van der Waals surface area contributed by atoms with Crippen molar-refractivity contribution in [2.45, 2.75) is 38.5 Å². The molecule has 1 heterocycles. The van der Waals surface area contributed by atoms with Gasteiger partial charge in [-0.25, -0.2) is 0 Å². The van der Waals surface area contributed by atoms with Crippen LogP contribution in [-0.2, 0) is 6.42 Å². The molecule has 0 unspecified atom stereocenters. The van der Waals surface area contributed by atoms with Crippen LogP contribution >= 0.6 is 11.3 Å². The fourth-order valence-electron chi connectivity index (χ4n) is 2.18. The maximum atomic E-state index is 5.69. The van der Waals surface area contributed by atoms with Gasteiger partial charge in [-0.2, -0.15) is 0 Å². The molecule has 1 nitrogen and oxygen atoms in total. The van der Waals surface area contributed by atoms with E-state index in [-0.39, 0.29) is 0 Å². The van der Waals surface area contributed by atoms with Crippen LogP contribution in [0.5, 0.6) is 0 Å². The molecule has 2 N–H and O–H groups in total. The molecule has 1 aliphatic rings. The number of thiophene rings is 1. The molecule has 1 aliphatic carbocycles. The summed E-state index contributed by atoms with van der Waals surface area (Å²) in [5.74, 6) is 0.937. The lowest BCUT2D eigenvalue weighted by atomic mass is 9.87. The standard InChI is InChI=1S/C11H17NS/c12-10-7-11(13-8-10)6-9-4-2-1-3-5-9/h7-9H,1-6,12H2. The fourth-order valence-corrected chi connectivity index (χ4v) is 3.07. The summed E-state index contributed by atoms with van der Waals surface area (Å²) in [5, 5.41) is 2.05. The Morgan fingerprint density at radius 3 is 2.69 bits per heavy atom. The van der Waals surface area contributed by atoms with E-state index < -0.39 is 0 Å². The predicted octanol–water partition coefficient (Wildman–Crippen LogP) is 3.45. The summed E-state index contributed by atoms with van der Waals surface area (Å²) in [7, 11) is 0. The van der Waals surface area contributed by atoms with Crippen LogP contribution in [0.3, 0.4) is 0 Å². The first-order chi connectivity index (χ1) is 6.34. The Labute approximate surface area is 84.0 Å². The van der Waals surface area contributed by atoms with Crippen molar-refractivity contribution >= 4 is 17.0 Å². The van der Waals surface area contributed by atoms with Crippen LogP contribution < -0.4 is 5.73 Å². The highest BCUT2D eigenvalue weighted by atomic mass is 32.1. The van der Waals surface area contributed by atoms with E-state index in [0.29, 0.717) is 0 Å². The van der Waals surface area contributed by atoms with E-state index in [1.807, 2.05) is 11.3 Å². The average Bonchev–Trinajstić information content (AvgIpc) is 2.53. The molecule has 13 heavy (non-hydrogen) atoms. The Morgan fingerprint density at radius 2 is 2.08 bits per heavy atom. The first kappa shape index (κ1) is 9.07. The highest BCUT2D eigenvalue weighted by molar-refractivity contribution is 7.10. The second-order valence-electron chi connectivity index (χ2n) is 4.05. The van der Waals surface area contributed by atoms with Crippen molar-refractivity contribution in [2.75, 3.05) is 5.73 Å². The molecule has 2 rings (SSSR count). The van der Waals surface area contributed by atoms with Crippen LogP contribution in [-0.4, -0.2) is 0 Å². The molecule has 0 aliphatic heterocycles. The Hall–Kier alpha value is -0.500. The summed E-state index contributed by atoms with van der Waals surface area (Å²) >= 11 is 1.82. The van der Waals surface area contributed by atoms with E-state index >= 15 is 0 Å². The molecular formula is C11H17NS. The van der Waals surface area contributed by atoms with Gasteiger partial charge >= 0.3 is 0 Å². The van der Waals surface area contributed by atoms with Crippen molar-refractivity contribution in [2.24, 2.45) is 5.92 Å². The van der Waals surface area contributed by atoms with Gasteiger partial charge in [0.1, 0.15) is 0 Å². The number of nitrogens with two attached hydrogens (primary N) is 1. The van der Waals surface area contributed by atoms with Gasteiger partial charge in [0.05, 0.1) is 0 Å². The smallest absolute Gasteiger partial charge is 0.0425 e. The topological polar surface area (TPSA) is 26.0 Å². The third-order valence-corrected chi connectivity index (χ3v) is 3.87. The van der Waals surface area contributed by atoms with Crippen molar-refractivity contribution in [1.29, 1.82) is 0 Å². The highest BCUT2D eigenvalue weighted by Gasteiger charge is 2.14. The summed E-state index contributed by atoms with van der Waals surface area (Å²) < 4.78 is 0. The quantitative estimate of drug-likeness (QED) is 0.768. The molecule has 72 valence electrons. The maximum Gasteiger partial charge on any atom is 0.0425 e. The average molecular weight is 195 g/mol. The number of hydrogen-bond acceptors (Lipinski definition) is 2. The molecule has 0 aromatic carbocycles. The van der Waals surface area contributed by atoms with Gasteiger partial charge in [0.15, 0.2) is 0 Å². The van der Waals surface area contributed by atoms with Crippen molar-refractivity contribution in [3.8, 4) is 0 Å². The monoisotopic (exact) mass is 195 g/mol. The van der Waals surface area contributed by atoms with Crippen LogP contribution in [0.4, 0.5) is 5.69 Å². The van der Waals surface area contributed by atoms with Crippen LogP contribution in [0.15, 0.2) is 11.4 Å². The van der Waals surface area contributed by atoms with Crippen LogP contribution in [0.25, 0.3) is 0 Å². The van der Waals surface area contributed by atoms with Gasteiger partial charge in [0, 0.05) is 15.9 Å². The molecule has 0 saturated heterocycles. The molecule has 0 bridgehead atoms. The van der Waals surface area contributed by atoms with Gasteiger partial charge in [-0.3, -0.25) is 0 Å². The summed E-state index contributed by atoms with van der Waals surface area (Å²) in [4.78, 5) is 1.48. The van der Waals surface area contributed by atoms with Gasteiger partial charge in [-0.1, -0.05) is 32.1 Å². The SMILES string of the molecule is Nc1csc(CC2CCCCC2)c1. The third-order valence-electron chi connectivity index (χ3n) is 2.89. The molecule has 0 amide bonds. The normalized spacial score (nSPS) is 19.1. The minimum absolute atomic E-state index is 0.937. The Bertz CT molecular complexity index is 261. The summed E-state index contributed by atoms with van der Waals surface area (Å²) in [5.41, 5.74) is 6.63. The van der Waals surface area contributed by atoms with E-state index in [0.717, 1.165) is 11.6 Å². The van der Waals surface area contributed by atoms with Gasteiger partial charge in [0.25, 0.3) is 0 Å². The highest BCUT2D eigenvalue weighted by Crippen LogP contribution is 2.29. The van der Waals surface area contributed by atoms with E-state index in [2.05, 4.69) is 11.4 Å². The van der Waals surface area contributed by atoms with Gasteiger partial charge < -0.3 is 5.73 Å². The lowest BCUT2D eigenvalue weighted by molar-refractivity contribution is 0.358. The predicted molar refractivity (Wildman–Crippen MR) is 59.0 cm³/mol. The van der Waals surface area contributed by atoms with E-state index in [9.17, 15) is 0 Å². The molecular weight excluding hydrogens is 178 g/mol. The molecule has 0 radical (unpaired) electrons. The summed E-state index contributed by atoms with van der Waals surface area (Å²) in [6.07, 6.45) is 8.44. The molecule has 0 spiro atoms. The number of nitrogen functional groups attached to an aromatic ring is 1. The zero-order valence-electron chi connectivity index (χ0n) is 7.96. The maximum absolute atomic E-state index is 5.69. The van der Waals surface area contributed by atoms with E-state index in [1.165, 1.54) is 43.4 Å². The Kier molecular flexibility index (Phi) is 2.89. The van der Waals surface area contributed by atoms with Crippen LogP contribution in [0, 0.1) is 5.92 Å². The fraction of sp³-hybridized carbons (Fsp3) is 0.636. The number of hydrogen-bond donors (Lipinski definition) is 1. The zero-order valence-corrected chi connectivity index (χ0v) is 8.78. The lowest BCUT2D eigenvalue weighted by Gasteiger charge is -2.20. The first-order valence-electron chi connectivity index (χ1n) is 5.17. The van der Waals surface area contributed by atoms with Gasteiger partial charge in [-0.15, -0.1) is 11.3 Å². The van der Waals surface area contributed by atoms with E-state index in [1.54, 1.807) is 0 Å². The molecule has 2 heteroatoms.